The zero-order valence-electron chi connectivity index (χ0n) is 11.5. The van der Waals surface area contributed by atoms with Crippen LogP contribution in [0.3, 0.4) is 0 Å². The molecule has 0 spiro atoms. The van der Waals surface area contributed by atoms with Crippen molar-refractivity contribution in [3.8, 4) is 0 Å². The Labute approximate surface area is 117 Å². The number of nitrogens with zero attached hydrogens (tertiary/aromatic N) is 2. The van der Waals surface area contributed by atoms with Gasteiger partial charge in [-0.1, -0.05) is 13.8 Å². The molecule has 2 rings (SSSR count). The summed E-state index contributed by atoms with van der Waals surface area (Å²) >= 11 is 1.61. The van der Waals surface area contributed by atoms with Gasteiger partial charge in [-0.05, 0) is 19.8 Å². The molecule has 1 aromatic rings. The van der Waals surface area contributed by atoms with Crippen molar-refractivity contribution >= 4 is 23.2 Å². The van der Waals surface area contributed by atoms with Crippen LogP contribution < -0.4 is 5.32 Å². The van der Waals surface area contributed by atoms with E-state index >= 15 is 0 Å². The maximum Gasteiger partial charge on any atom is 0.246 e. The standard InChI is InChI=1S/C13H19N3O2S/c1-4-9-6-14-12(19-9)8(3)16-7-11(17)15-10(5-2)13(16)18/h6,8,10H,4-5,7H2,1-3H3,(H,15,17). The lowest BCUT2D eigenvalue weighted by Gasteiger charge is -2.35. The molecule has 1 saturated heterocycles. The molecule has 0 aliphatic carbocycles. The quantitative estimate of drug-likeness (QED) is 0.910. The van der Waals surface area contributed by atoms with Crippen molar-refractivity contribution in [2.75, 3.05) is 6.54 Å². The minimum absolute atomic E-state index is 0.0113. The van der Waals surface area contributed by atoms with Crippen LogP contribution >= 0.6 is 11.3 Å². The Balaban J connectivity index is 2.19. The van der Waals surface area contributed by atoms with Gasteiger partial charge in [0.05, 0.1) is 6.04 Å². The maximum absolute atomic E-state index is 12.3. The summed E-state index contributed by atoms with van der Waals surface area (Å²) in [4.78, 5) is 31.1. The van der Waals surface area contributed by atoms with Crippen LogP contribution in [-0.4, -0.2) is 34.3 Å². The van der Waals surface area contributed by atoms with Gasteiger partial charge in [-0.15, -0.1) is 11.3 Å². The Morgan fingerprint density at radius 3 is 2.84 bits per heavy atom. The molecule has 1 aliphatic heterocycles. The predicted octanol–water partition coefficient (Wildman–Crippen LogP) is 1.50. The number of hydrogen-bond donors (Lipinski definition) is 1. The first-order chi connectivity index (χ1) is 9.06. The molecule has 104 valence electrons. The van der Waals surface area contributed by atoms with Crippen LogP contribution in [0.15, 0.2) is 6.20 Å². The highest BCUT2D eigenvalue weighted by Crippen LogP contribution is 2.27. The van der Waals surface area contributed by atoms with Gasteiger partial charge in [0.25, 0.3) is 0 Å². The van der Waals surface area contributed by atoms with Crippen molar-refractivity contribution in [3.05, 3.63) is 16.1 Å². The zero-order chi connectivity index (χ0) is 14.0. The number of aryl methyl sites for hydroxylation is 1. The van der Waals surface area contributed by atoms with Gasteiger partial charge in [-0.2, -0.15) is 0 Å². The highest BCUT2D eigenvalue weighted by Gasteiger charge is 2.35. The van der Waals surface area contributed by atoms with Crippen molar-refractivity contribution in [2.45, 2.75) is 45.7 Å². The van der Waals surface area contributed by atoms with E-state index in [1.54, 1.807) is 16.2 Å². The summed E-state index contributed by atoms with van der Waals surface area (Å²) in [6.45, 7) is 6.03. The van der Waals surface area contributed by atoms with Gasteiger partial charge >= 0.3 is 0 Å². The van der Waals surface area contributed by atoms with Crippen molar-refractivity contribution < 1.29 is 9.59 Å². The van der Waals surface area contributed by atoms with Crippen LogP contribution in [0.25, 0.3) is 0 Å². The average Bonchev–Trinajstić information content (AvgIpc) is 2.89. The SMILES string of the molecule is CCc1cnc(C(C)N2CC(=O)NC(CC)C2=O)s1. The van der Waals surface area contributed by atoms with Crippen molar-refractivity contribution in [2.24, 2.45) is 0 Å². The highest BCUT2D eigenvalue weighted by molar-refractivity contribution is 7.11. The first kappa shape index (κ1) is 14.0. The number of hydrogen-bond acceptors (Lipinski definition) is 4. The number of rotatable bonds is 4. The molecule has 2 unspecified atom stereocenters. The summed E-state index contributed by atoms with van der Waals surface area (Å²) in [6, 6.07) is -0.535. The third-order valence-electron chi connectivity index (χ3n) is 3.38. The molecular formula is C13H19N3O2S. The normalized spacial score (nSPS) is 21.4. The van der Waals surface area contributed by atoms with Gasteiger partial charge in [-0.25, -0.2) is 4.98 Å². The maximum atomic E-state index is 12.3. The molecule has 0 aromatic carbocycles. The fraction of sp³-hybridized carbons (Fsp3) is 0.615. The van der Waals surface area contributed by atoms with Crippen LogP contribution in [0.5, 0.6) is 0 Å². The van der Waals surface area contributed by atoms with Crippen LogP contribution in [0.4, 0.5) is 0 Å². The van der Waals surface area contributed by atoms with E-state index in [2.05, 4.69) is 17.2 Å². The van der Waals surface area contributed by atoms with E-state index < -0.39 is 6.04 Å². The van der Waals surface area contributed by atoms with E-state index in [9.17, 15) is 9.59 Å². The van der Waals surface area contributed by atoms with E-state index in [-0.39, 0.29) is 24.4 Å². The summed E-state index contributed by atoms with van der Waals surface area (Å²) in [7, 11) is 0. The second-order valence-corrected chi connectivity index (χ2v) is 5.84. The lowest BCUT2D eigenvalue weighted by atomic mass is 10.1. The minimum Gasteiger partial charge on any atom is -0.343 e. The number of carbonyl (C=O) groups excluding carboxylic acids is 2. The summed E-state index contributed by atoms with van der Waals surface area (Å²) in [5.74, 6) is -0.103. The van der Waals surface area contributed by atoms with Crippen LogP contribution in [0.2, 0.25) is 0 Å². The first-order valence-electron chi connectivity index (χ1n) is 6.61. The van der Waals surface area contributed by atoms with Crippen molar-refractivity contribution in [1.82, 2.24) is 15.2 Å². The van der Waals surface area contributed by atoms with E-state index in [4.69, 9.17) is 0 Å². The summed E-state index contributed by atoms with van der Waals surface area (Å²) in [6.07, 6.45) is 3.41. The second kappa shape index (κ2) is 5.69. The summed E-state index contributed by atoms with van der Waals surface area (Å²) < 4.78 is 0. The summed E-state index contributed by atoms with van der Waals surface area (Å²) in [5, 5.41) is 3.62. The van der Waals surface area contributed by atoms with Gasteiger partial charge in [0.1, 0.15) is 17.6 Å². The monoisotopic (exact) mass is 281 g/mol. The second-order valence-electron chi connectivity index (χ2n) is 4.69. The first-order valence-corrected chi connectivity index (χ1v) is 7.42. The highest BCUT2D eigenvalue weighted by atomic mass is 32.1. The molecule has 2 atom stereocenters. The number of piperazine rings is 1. The Morgan fingerprint density at radius 1 is 1.53 bits per heavy atom. The molecular weight excluding hydrogens is 262 g/mol. The zero-order valence-corrected chi connectivity index (χ0v) is 12.3. The molecule has 1 aromatic heterocycles. The van der Waals surface area contributed by atoms with E-state index in [1.807, 2.05) is 20.0 Å². The molecule has 1 aliphatic rings. The van der Waals surface area contributed by atoms with Crippen LogP contribution in [0, 0.1) is 0 Å². The lowest BCUT2D eigenvalue weighted by Crippen LogP contribution is -2.58. The lowest BCUT2D eigenvalue weighted by molar-refractivity contribution is -0.146. The molecule has 2 amide bonds. The molecule has 2 heterocycles. The Bertz CT molecular complexity index is 486. The fourth-order valence-corrected chi connectivity index (χ4v) is 3.07. The topological polar surface area (TPSA) is 62.3 Å². The number of nitrogens with one attached hydrogen (secondary N) is 1. The number of amides is 2. The third-order valence-corrected chi connectivity index (χ3v) is 4.70. The number of aromatic nitrogens is 1. The Morgan fingerprint density at radius 2 is 2.26 bits per heavy atom. The van der Waals surface area contributed by atoms with E-state index in [0.29, 0.717) is 6.42 Å². The van der Waals surface area contributed by atoms with E-state index in [0.717, 1.165) is 11.4 Å². The Hall–Kier alpha value is -1.43. The van der Waals surface area contributed by atoms with Crippen molar-refractivity contribution in [1.29, 1.82) is 0 Å². The van der Waals surface area contributed by atoms with Crippen LogP contribution in [-0.2, 0) is 16.0 Å². The predicted molar refractivity (Wildman–Crippen MR) is 73.8 cm³/mol. The van der Waals surface area contributed by atoms with Gasteiger partial charge in [0.2, 0.25) is 11.8 Å². The van der Waals surface area contributed by atoms with Gasteiger partial charge in [-0.3, -0.25) is 9.59 Å². The number of carbonyl (C=O) groups is 2. The molecule has 19 heavy (non-hydrogen) atoms. The fourth-order valence-electron chi connectivity index (χ4n) is 2.15. The molecule has 5 nitrogen and oxygen atoms in total. The van der Waals surface area contributed by atoms with Crippen molar-refractivity contribution in [3.63, 3.8) is 0 Å². The molecule has 0 radical (unpaired) electrons. The van der Waals surface area contributed by atoms with Crippen LogP contribution in [0.1, 0.15) is 43.1 Å². The smallest absolute Gasteiger partial charge is 0.246 e. The van der Waals surface area contributed by atoms with Gasteiger partial charge in [0.15, 0.2) is 0 Å². The molecule has 6 heteroatoms. The van der Waals surface area contributed by atoms with Gasteiger partial charge < -0.3 is 10.2 Å². The molecule has 1 fully saturated rings. The molecule has 0 bridgehead atoms. The van der Waals surface area contributed by atoms with Gasteiger partial charge in [0, 0.05) is 11.1 Å². The van der Waals surface area contributed by atoms with E-state index in [1.165, 1.54) is 4.88 Å². The minimum atomic E-state index is -0.394. The Kier molecular flexibility index (Phi) is 4.19. The number of thiazole rings is 1. The third kappa shape index (κ3) is 2.78. The average molecular weight is 281 g/mol. The summed E-state index contributed by atoms with van der Waals surface area (Å²) in [5.41, 5.74) is 0. The molecule has 1 N–H and O–H groups in total. The largest absolute Gasteiger partial charge is 0.343 e. The molecule has 0 saturated carbocycles.